The third-order valence-electron chi connectivity index (χ3n) is 4.83. The highest BCUT2D eigenvalue weighted by Gasteiger charge is 2.39. The molecule has 1 aromatic rings. The Morgan fingerprint density at radius 1 is 1.25 bits per heavy atom. The van der Waals surface area contributed by atoms with Crippen molar-refractivity contribution in [2.75, 3.05) is 19.8 Å². The van der Waals surface area contributed by atoms with E-state index in [1.54, 1.807) is 20.8 Å². The Balaban J connectivity index is 1.70. The molecule has 174 valence electrons. The van der Waals surface area contributed by atoms with E-state index in [0.717, 1.165) is 5.56 Å². The summed E-state index contributed by atoms with van der Waals surface area (Å²) in [7, 11) is 0. The van der Waals surface area contributed by atoms with Gasteiger partial charge in [-0.05, 0) is 38.8 Å². The Hall–Kier alpha value is -3.04. The number of rotatable bonds is 7. The number of alkyl carbamates (subject to hydrolysis) is 1. The molecule has 1 fully saturated rings. The van der Waals surface area contributed by atoms with Crippen molar-refractivity contribution < 1.29 is 33.6 Å². The van der Waals surface area contributed by atoms with E-state index in [4.69, 9.17) is 18.9 Å². The first-order valence-corrected chi connectivity index (χ1v) is 10.5. The predicted octanol–water partition coefficient (Wildman–Crippen LogP) is 2.12. The Labute approximate surface area is 187 Å². The topological polar surface area (TPSA) is 115 Å². The lowest BCUT2D eigenvalue weighted by Gasteiger charge is -2.31. The molecule has 2 atom stereocenters. The van der Waals surface area contributed by atoms with Gasteiger partial charge in [0, 0.05) is 13.2 Å². The lowest BCUT2D eigenvalue weighted by atomic mass is 9.98. The van der Waals surface area contributed by atoms with Gasteiger partial charge in [0.25, 0.3) is 5.91 Å². The van der Waals surface area contributed by atoms with Gasteiger partial charge in [-0.3, -0.25) is 4.79 Å². The van der Waals surface area contributed by atoms with Crippen LogP contribution < -0.4 is 10.6 Å². The molecule has 2 aliphatic rings. The maximum atomic E-state index is 13.1. The number of aliphatic hydroxyl groups is 1. The Morgan fingerprint density at radius 2 is 2.00 bits per heavy atom. The number of nitrogens with one attached hydrogen (secondary N) is 2. The van der Waals surface area contributed by atoms with E-state index in [1.165, 1.54) is 12.3 Å². The van der Waals surface area contributed by atoms with Gasteiger partial charge in [-0.2, -0.15) is 0 Å². The molecule has 0 aromatic heterocycles. The molecule has 32 heavy (non-hydrogen) atoms. The average molecular weight is 447 g/mol. The number of aliphatic hydroxyl groups excluding tert-OH is 1. The number of ether oxygens (including phenoxy) is 4. The van der Waals surface area contributed by atoms with Gasteiger partial charge in [0.15, 0.2) is 5.76 Å². The molecule has 1 aromatic carbocycles. The summed E-state index contributed by atoms with van der Waals surface area (Å²) in [6.45, 7) is 6.22. The first-order chi connectivity index (χ1) is 15.2. The number of amides is 2. The van der Waals surface area contributed by atoms with Crippen LogP contribution in [0.1, 0.15) is 32.8 Å². The quantitative estimate of drug-likeness (QED) is 0.588. The molecule has 9 nitrogen and oxygen atoms in total. The zero-order chi connectivity index (χ0) is 23.2. The fourth-order valence-electron chi connectivity index (χ4n) is 3.26. The van der Waals surface area contributed by atoms with Crippen LogP contribution in [0.4, 0.5) is 4.79 Å². The SMILES string of the molecule is CC(C)(C)OC(=O)NCC1(NC(=O)C2=C(OCc3ccccc3)C(O)C=CO2)CCOC1. The van der Waals surface area contributed by atoms with Crippen LogP contribution in [-0.2, 0) is 30.3 Å². The Kier molecular flexibility index (Phi) is 7.42. The van der Waals surface area contributed by atoms with Crippen molar-refractivity contribution in [1.82, 2.24) is 10.6 Å². The first-order valence-electron chi connectivity index (χ1n) is 10.5. The predicted molar refractivity (Wildman–Crippen MR) is 115 cm³/mol. The van der Waals surface area contributed by atoms with Crippen molar-refractivity contribution in [1.29, 1.82) is 0 Å². The van der Waals surface area contributed by atoms with E-state index in [1.807, 2.05) is 30.3 Å². The van der Waals surface area contributed by atoms with Crippen molar-refractivity contribution in [3.05, 3.63) is 59.8 Å². The van der Waals surface area contributed by atoms with Crippen LogP contribution in [0, 0.1) is 0 Å². The zero-order valence-corrected chi connectivity index (χ0v) is 18.6. The van der Waals surface area contributed by atoms with Crippen LogP contribution in [0.3, 0.4) is 0 Å². The number of benzene rings is 1. The van der Waals surface area contributed by atoms with Gasteiger partial charge >= 0.3 is 6.09 Å². The first kappa shape index (κ1) is 23.6. The summed E-state index contributed by atoms with van der Waals surface area (Å²) in [5.74, 6) is -0.699. The van der Waals surface area contributed by atoms with Crippen LogP contribution in [0.2, 0.25) is 0 Å². The molecule has 0 saturated carbocycles. The van der Waals surface area contributed by atoms with Crippen molar-refractivity contribution >= 4 is 12.0 Å². The summed E-state index contributed by atoms with van der Waals surface area (Å²) in [6.07, 6.45) is 1.40. The third kappa shape index (κ3) is 6.48. The summed E-state index contributed by atoms with van der Waals surface area (Å²) < 4.78 is 21.9. The van der Waals surface area contributed by atoms with Gasteiger partial charge in [-0.1, -0.05) is 30.3 Å². The fraction of sp³-hybridized carbons (Fsp3) is 0.478. The molecule has 2 amide bonds. The summed E-state index contributed by atoms with van der Waals surface area (Å²) >= 11 is 0. The molecule has 0 bridgehead atoms. The molecule has 2 unspecified atom stereocenters. The van der Waals surface area contributed by atoms with E-state index in [0.29, 0.717) is 13.0 Å². The van der Waals surface area contributed by atoms with Crippen LogP contribution in [0.25, 0.3) is 0 Å². The standard InChI is InChI=1S/C23H30N2O7/c1-22(2,3)32-21(28)24-14-23(10-12-29-15-23)25-20(27)19-18(17(26)9-11-30-19)31-13-16-7-5-4-6-8-16/h4-9,11,17,26H,10,12-15H2,1-3H3,(H,24,28)(H,25,27). The van der Waals surface area contributed by atoms with E-state index in [-0.39, 0.29) is 31.3 Å². The van der Waals surface area contributed by atoms with Crippen LogP contribution >= 0.6 is 0 Å². The lowest BCUT2D eigenvalue weighted by Crippen LogP contribution is -2.57. The maximum absolute atomic E-state index is 13.1. The molecule has 3 N–H and O–H groups in total. The summed E-state index contributed by atoms with van der Waals surface area (Å²) in [4.78, 5) is 25.2. The van der Waals surface area contributed by atoms with Crippen molar-refractivity contribution in [3.63, 3.8) is 0 Å². The van der Waals surface area contributed by atoms with E-state index in [2.05, 4.69) is 10.6 Å². The Bertz CT molecular complexity index is 868. The largest absolute Gasteiger partial charge is 0.486 e. The van der Waals surface area contributed by atoms with Crippen molar-refractivity contribution in [2.45, 2.75) is 51.0 Å². The van der Waals surface area contributed by atoms with Crippen LogP contribution in [0.15, 0.2) is 54.2 Å². The molecule has 2 aliphatic heterocycles. The van der Waals surface area contributed by atoms with Gasteiger partial charge in [-0.25, -0.2) is 4.79 Å². The average Bonchev–Trinajstić information content (AvgIpc) is 3.19. The van der Waals surface area contributed by atoms with E-state index < -0.39 is 29.2 Å². The smallest absolute Gasteiger partial charge is 0.407 e. The van der Waals surface area contributed by atoms with Gasteiger partial charge < -0.3 is 34.7 Å². The van der Waals surface area contributed by atoms with Gasteiger partial charge in [0.05, 0.1) is 18.4 Å². The van der Waals surface area contributed by atoms with E-state index in [9.17, 15) is 14.7 Å². The monoisotopic (exact) mass is 446 g/mol. The third-order valence-corrected chi connectivity index (χ3v) is 4.83. The van der Waals surface area contributed by atoms with Crippen molar-refractivity contribution in [2.24, 2.45) is 0 Å². The Morgan fingerprint density at radius 3 is 2.66 bits per heavy atom. The van der Waals surface area contributed by atoms with Gasteiger partial charge in [-0.15, -0.1) is 0 Å². The second-order valence-corrected chi connectivity index (χ2v) is 8.75. The van der Waals surface area contributed by atoms with Gasteiger partial charge in [0.2, 0.25) is 5.76 Å². The minimum absolute atomic E-state index is 0.0167. The lowest BCUT2D eigenvalue weighted by molar-refractivity contribution is -0.123. The second kappa shape index (κ2) is 10.1. The molecule has 0 aliphatic carbocycles. The highest BCUT2D eigenvalue weighted by atomic mass is 16.6. The minimum Gasteiger partial charge on any atom is -0.486 e. The molecule has 3 rings (SSSR count). The van der Waals surface area contributed by atoms with E-state index >= 15 is 0 Å². The fourth-order valence-corrected chi connectivity index (χ4v) is 3.26. The molecule has 0 radical (unpaired) electrons. The van der Waals surface area contributed by atoms with Crippen molar-refractivity contribution in [3.8, 4) is 0 Å². The molecule has 2 heterocycles. The maximum Gasteiger partial charge on any atom is 0.407 e. The number of hydrogen-bond acceptors (Lipinski definition) is 7. The number of hydrogen-bond donors (Lipinski definition) is 3. The molecule has 1 saturated heterocycles. The highest BCUT2D eigenvalue weighted by molar-refractivity contribution is 5.93. The second-order valence-electron chi connectivity index (χ2n) is 8.75. The molecular weight excluding hydrogens is 416 g/mol. The summed E-state index contributed by atoms with van der Waals surface area (Å²) in [5.41, 5.74) is -0.606. The molecular formula is C23H30N2O7. The zero-order valence-electron chi connectivity index (χ0n) is 18.6. The molecule has 9 heteroatoms. The summed E-state index contributed by atoms with van der Waals surface area (Å²) in [6, 6.07) is 9.38. The number of carbonyl (C=O) groups excluding carboxylic acids is 2. The van der Waals surface area contributed by atoms with Gasteiger partial charge in [0.1, 0.15) is 18.3 Å². The molecule has 0 spiro atoms. The summed E-state index contributed by atoms with van der Waals surface area (Å²) in [5, 5.41) is 15.9. The normalized spacial score (nSPS) is 22.8. The number of carbonyl (C=O) groups is 2. The van der Waals surface area contributed by atoms with Crippen LogP contribution in [-0.4, -0.2) is 54.1 Å². The highest BCUT2D eigenvalue weighted by Crippen LogP contribution is 2.24. The minimum atomic E-state index is -1.12. The van der Waals surface area contributed by atoms with Crippen LogP contribution in [0.5, 0.6) is 0 Å².